The Hall–Kier alpha value is -3.16. The lowest BCUT2D eigenvalue weighted by atomic mass is 9.95. The van der Waals surface area contributed by atoms with Crippen LogP contribution in [0.3, 0.4) is 0 Å². The number of hydrogen-bond donors (Lipinski definition) is 2. The van der Waals surface area contributed by atoms with Crippen LogP contribution in [0.4, 0.5) is 0 Å². The van der Waals surface area contributed by atoms with Gasteiger partial charge in [-0.25, -0.2) is 0 Å². The zero-order chi connectivity index (χ0) is 20.5. The van der Waals surface area contributed by atoms with Gasteiger partial charge in [0.15, 0.2) is 6.29 Å². The lowest BCUT2D eigenvalue weighted by Gasteiger charge is -2.29. The van der Waals surface area contributed by atoms with E-state index in [4.69, 9.17) is 9.47 Å². The third kappa shape index (κ3) is 3.39. The van der Waals surface area contributed by atoms with Crippen molar-refractivity contribution in [2.75, 3.05) is 20.8 Å². The number of aromatic hydroxyl groups is 1. The molecule has 1 amide bonds. The van der Waals surface area contributed by atoms with E-state index in [0.29, 0.717) is 11.4 Å². The highest BCUT2D eigenvalue weighted by molar-refractivity contribution is 6.00. The van der Waals surface area contributed by atoms with Crippen molar-refractivity contribution in [2.24, 2.45) is 0 Å². The van der Waals surface area contributed by atoms with Gasteiger partial charge >= 0.3 is 0 Å². The topological polar surface area (TPSA) is 87.7 Å². The number of H-pyrrole nitrogens is 1. The van der Waals surface area contributed by atoms with Gasteiger partial charge in [0, 0.05) is 25.3 Å². The lowest BCUT2D eigenvalue weighted by Crippen LogP contribution is -2.38. The van der Waals surface area contributed by atoms with Crippen LogP contribution in [0.2, 0.25) is 0 Å². The first-order chi connectivity index (χ1) is 14.0. The summed E-state index contributed by atoms with van der Waals surface area (Å²) in [5.41, 5.74) is 4.89. The molecule has 1 aliphatic rings. The smallest absolute Gasteiger partial charge is 0.273 e. The summed E-state index contributed by atoms with van der Waals surface area (Å²) in [5.74, 6) is 0.0278. The van der Waals surface area contributed by atoms with Crippen LogP contribution in [0.1, 0.15) is 33.2 Å². The third-order valence-corrected chi connectivity index (χ3v) is 5.23. The zero-order valence-electron chi connectivity index (χ0n) is 16.5. The number of nitrogens with zero attached hydrogens (tertiary/aromatic N) is 2. The molecular weight excluding hydrogens is 370 g/mol. The molecular formula is C22H23N3O4. The molecule has 0 fully saturated rings. The Morgan fingerprint density at radius 3 is 2.55 bits per heavy atom. The van der Waals surface area contributed by atoms with Crippen molar-refractivity contribution in [3.05, 3.63) is 70.9 Å². The van der Waals surface area contributed by atoms with Gasteiger partial charge < -0.3 is 19.5 Å². The molecule has 0 radical (unpaired) electrons. The maximum Gasteiger partial charge on any atom is 0.273 e. The predicted octanol–water partition coefficient (Wildman–Crippen LogP) is 3.25. The summed E-state index contributed by atoms with van der Waals surface area (Å²) in [6.07, 6.45) is -0.541. The fraction of sp³-hybridized carbons (Fsp3) is 0.273. The lowest BCUT2D eigenvalue weighted by molar-refractivity contribution is -0.113. The van der Waals surface area contributed by atoms with Crippen LogP contribution in [0.15, 0.2) is 48.5 Å². The number of phenolic OH excluding ortho intramolecular Hbond substituents is 1. The summed E-state index contributed by atoms with van der Waals surface area (Å²) in [4.78, 5) is 15.0. The number of rotatable bonds is 6. The Bertz CT molecular complexity index is 1020. The van der Waals surface area contributed by atoms with Crippen LogP contribution < -0.4 is 0 Å². The van der Waals surface area contributed by atoms with E-state index in [-0.39, 0.29) is 24.2 Å². The van der Waals surface area contributed by atoms with E-state index in [1.165, 1.54) is 0 Å². The van der Waals surface area contributed by atoms with Crippen molar-refractivity contribution >= 4 is 5.91 Å². The number of benzene rings is 2. The summed E-state index contributed by atoms with van der Waals surface area (Å²) >= 11 is 0. The van der Waals surface area contributed by atoms with Gasteiger partial charge in [0.05, 0.1) is 18.3 Å². The van der Waals surface area contributed by atoms with Crippen LogP contribution in [0, 0.1) is 6.92 Å². The van der Waals surface area contributed by atoms with E-state index in [2.05, 4.69) is 16.3 Å². The van der Waals surface area contributed by atoms with E-state index in [1.807, 2.05) is 25.1 Å². The van der Waals surface area contributed by atoms with Crippen molar-refractivity contribution in [2.45, 2.75) is 19.3 Å². The summed E-state index contributed by atoms with van der Waals surface area (Å²) in [5, 5.41) is 17.0. The van der Waals surface area contributed by atoms with E-state index in [1.54, 1.807) is 43.4 Å². The number of carbonyl (C=O) groups excluding carboxylic acids is 1. The molecule has 29 heavy (non-hydrogen) atoms. The maximum atomic E-state index is 13.2. The van der Waals surface area contributed by atoms with Gasteiger partial charge in [-0.15, -0.1) is 0 Å². The van der Waals surface area contributed by atoms with Crippen LogP contribution in [-0.4, -0.2) is 53.2 Å². The Kier molecular flexibility index (Phi) is 5.08. The molecule has 150 valence electrons. The largest absolute Gasteiger partial charge is 0.508 e. The van der Waals surface area contributed by atoms with E-state index in [0.717, 1.165) is 22.3 Å². The summed E-state index contributed by atoms with van der Waals surface area (Å²) in [7, 11) is 3.11. The molecule has 0 aliphatic carbocycles. The summed E-state index contributed by atoms with van der Waals surface area (Å²) < 4.78 is 10.7. The van der Waals surface area contributed by atoms with Crippen LogP contribution in [0.5, 0.6) is 5.75 Å². The number of ether oxygens (including phenoxy) is 2. The Balaban J connectivity index is 1.85. The monoisotopic (exact) mass is 393 g/mol. The molecule has 7 heteroatoms. The molecule has 1 aliphatic heterocycles. The number of methoxy groups -OCH3 is 2. The highest BCUT2D eigenvalue weighted by atomic mass is 16.7. The molecule has 0 saturated carbocycles. The SMILES string of the molecule is COC(CN1C(=O)c2[nH]nc(-c3ccc(O)cc3)c2C1c1cccc(C)c1)OC. The van der Waals surface area contributed by atoms with Gasteiger partial charge in [0.25, 0.3) is 5.91 Å². The van der Waals surface area contributed by atoms with Crippen LogP contribution in [0.25, 0.3) is 11.3 Å². The minimum absolute atomic E-state index is 0.150. The van der Waals surface area contributed by atoms with E-state index < -0.39 is 6.29 Å². The molecule has 1 atom stereocenters. The molecule has 0 bridgehead atoms. The number of carbonyl (C=O) groups is 1. The van der Waals surface area contributed by atoms with Crippen molar-refractivity contribution in [1.29, 1.82) is 0 Å². The van der Waals surface area contributed by atoms with Gasteiger partial charge in [0.2, 0.25) is 0 Å². The highest BCUT2D eigenvalue weighted by Crippen LogP contribution is 2.43. The predicted molar refractivity (Wildman–Crippen MR) is 108 cm³/mol. The molecule has 7 nitrogen and oxygen atoms in total. The Morgan fingerprint density at radius 1 is 1.17 bits per heavy atom. The van der Waals surface area contributed by atoms with E-state index >= 15 is 0 Å². The Morgan fingerprint density at radius 2 is 1.90 bits per heavy atom. The van der Waals surface area contributed by atoms with Crippen molar-refractivity contribution in [3.8, 4) is 17.0 Å². The standard InChI is InChI=1S/C22H23N3O4/c1-13-5-4-6-15(11-13)21-18-19(14-7-9-16(26)10-8-14)23-24-20(18)22(27)25(21)12-17(28-2)29-3/h4-11,17,21,26H,12H2,1-3H3,(H,23,24). The quantitative estimate of drug-likeness (QED) is 0.628. The van der Waals surface area contributed by atoms with Crippen LogP contribution in [-0.2, 0) is 9.47 Å². The van der Waals surface area contributed by atoms with Gasteiger partial charge in [-0.1, -0.05) is 29.8 Å². The highest BCUT2D eigenvalue weighted by Gasteiger charge is 2.43. The molecule has 4 rings (SSSR count). The number of hydrogen-bond acceptors (Lipinski definition) is 5. The number of nitrogens with one attached hydrogen (secondary N) is 1. The van der Waals surface area contributed by atoms with Gasteiger partial charge in [-0.05, 0) is 36.8 Å². The van der Waals surface area contributed by atoms with Gasteiger partial charge in [-0.2, -0.15) is 5.10 Å². The van der Waals surface area contributed by atoms with Crippen LogP contribution >= 0.6 is 0 Å². The number of amides is 1. The minimum atomic E-state index is -0.541. The molecule has 2 aromatic carbocycles. The summed E-state index contributed by atoms with van der Waals surface area (Å²) in [6, 6.07) is 14.6. The number of phenols is 1. The average molecular weight is 393 g/mol. The second-order valence-corrected chi connectivity index (χ2v) is 7.08. The number of aromatic nitrogens is 2. The molecule has 1 unspecified atom stereocenters. The third-order valence-electron chi connectivity index (χ3n) is 5.23. The zero-order valence-corrected chi connectivity index (χ0v) is 16.5. The molecule has 0 saturated heterocycles. The average Bonchev–Trinajstić information content (AvgIpc) is 3.26. The normalized spacial score (nSPS) is 15.9. The van der Waals surface area contributed by atoms with Crippen molar-refractivity contribution < 1.29 is 19.4 Å². The molecule has 0 spiro atoms. The molecule has 1 aromatic heterocycles. The van der Waals surface area contributed by atoms with Crippen molar-refractivity contribution in [1.82, 2.24) is 15.1 Å². The first-order valence-corrected chi connectivity index (χ1v) is 9.34. The molecule has 3 aromatic rings. The van der Waals surface area contributed by atoms with E-state index in [9.17, 15) is 9.90 Å². The van der Waals surface area contributed by atoms with Crippen molar-refractivity contribution in [3.63, 3.8) is 0 Å². The second-order valence-electron chi connectivity index (χ2n) is 7.08. The first kappa shape index (κ1) is 19.2. The first-order valence-electron chi connectivity index (χ1n) is 9.34. The van der Waals surface area contributed by atoms with Gasteiger partial charge in [0.1, 0.15) is 11.4 Å². The number of aromatic amines is 1. The fourth-order valence-electron chi connectivity index (χ4n) is 3.82. The fourth-order valence-corrected chi connectivity index (χ4v) is 3.82. The molecule has 2 heterocycles. The summed E-state index contributed by atoms with van der Waals surface area (Å²) in [6.45, 7) is 2.30. The maximum absolute atomic E-state index is 13.2. The minimum Gasteiger partial charge on any atom is -0.508 e. The number of aryl methyl sites for hydroxylation is 1. The van der Waals surface area contributed by atoms with Gasteiger partial charge in [-0.3, -0.25) is 9.89 Å². The second kappa shape index (κ2) is 7.69. The number of fused-ring (bicyclic) bond motifs is 1. The Labute approximate surface area is 168 Å². The molecule has 2 N–H and O–H groups in total.